The minimum absolute atomic E-state index is 0.0284. The lowest BCUT2D eigenvalue weighted by Crippen LogP contribution is -2.30. The fourth-order valence-electron chi connectivity index (χ4n) is 2.36. The molecule has 126 valence electrons. The number of hydrogen-bond acceptors (Lipinski definition) is 5. The Morgan fingerprint density at radius 2 is 2.13 bits per heavy atom. The first-order valence-corrected chi connectivity index (χ1v) is 8.28. The first-order valence-electron chi connectivity index (χ1n) is 6.84. The van der Waals surface area contributed by atoms with Gasteiger partial charge in [0.05, 0.1) is 24.3 Å². The Morgan fingerprint density at radius 3 is 2.65 bits per heavy atom. The lowest BCUT2D eigenvalue weighted by molar-refractivity contribution is -0.141. The molecular formula is C14H16FNO6S. The monoisotopic (exact) mass is 345 g/mol. The zero-order chi connectivity index (χ0) is 17.2. The van der Waals surface area contributed by atoms with Crippen molar-refractivity contribution in [3.63, 3.8) is 0 Å². The Balaban J connectivity index is 2.22. The van der Waals surface area contributed by atoms with Crippen molar-refractivity contribution in [2.24, 2.45) is 5.92 Å². The molecule has 23 heavy (non-hydrogen) atoms. The number of esters is 1. The predicted molar refractivity (Wildman–Crippen MR) is 76.6 cm³/mol. The fraction of sp³-hybridized carbons (Fsp3) is 0.429. The third-order valence-electron chi connectivity index (χ3n) is 3.72. The summed E-state index contributed by atoms with van der Waals surface area (Å²) in [7, 11) is -2.79. The second-order valence-electron chi connectivity index (χ2n) is 5.19. The summed E-state index contributed by atoms with van der Waals surface area (Å²) in [5, 5.41) is 8.93. The molecule has 0 aromatic heterocycles. The van der Waals surface area contributed by atoms with Crippen molar-refractivity contribution in [3.8, 4) is 0 Å². The molecule has 0 saturated carbocycles. The molecule has 1 aliphatic heterocycles. The van der Waals surface area contributed by atoms with Gasteiger partial charge in [0.15, 0.2) is 0 Å². The van der Waals surface area contributed by atoms with E-state index in [1.807, 2.05) is 0 Å². The zero-order valence-corrected chi connectivity index (χ0v) is 13.2. The second-order valence-corrected chi connectivity index (χ2v) is 7.13. The van der Waals surface area contributed by atoms with E-state index in [0.29, 0.717) is 0 Å². The lowest BCUT2D eigenvalue weighted by Gasteiger charge is -2.16. The molecule has 0 radical (unpaired) electrons. The van der Waals surface area contributed by atoms with Crippen LogP contribution in [0.5, 0.6) is 0 Å². The van der Waals surface area contributed by atoms with Crippen LogP contribution in [0.4, 0.5) is 4.39 Å². The quantitative estimate of drug-likeness (QED) is 0.786. The largest absolute Gasteiger partial charge is 0.481 e. The van der Waals surface area contributed by atoms with E-state index in [2.05, 4.69) is 4.74 Å². The van der Waals surface area contributed by atoms with E-state index in [1.54, 1.807) is 0 Å². The van der Waals surface area contributed by atoms with Crippen molar-refractivity contribution in [2.75, 3.05) is 20.2 Å². The molecule has 1 fully saturated rings. The van der Waals surface area contributed by atoms with E-state index in [4.69, 9.17) is 5.11 Å². The number of hydrogen-bond donors (Lipinski definition) is 1. The lowest BCUT2D eigenvalue weighted by atomic mass is 10.1. The molecule has 1 saturated heterocycles. The van der Waals surface area contributed by atoms with E-state index in [9.17, 15) is 22.4 Å². The fourth-order valence-corrected chi connectivity index (χ4v) is 3.87. The van der Waals surface area contributed by atoms with Gasteiger partial charge < -0.3 is 9.84 Å². The van der Waals surface area contributed by atoms with Gasteiger partial charge in [-0.15, -0.1) is 0 Å². The molecule has 1 N–H and O–H groups in total. The van der Waals surface area contributed by atoms with Crippen LogP contribution in [0, 0.1) is 11.7 Å². The standard InChI is InChI=1S/C14H16FNO6S/c1-22-13(17)6-9-2-3-11(7-12(9)15)23(20,21)16-5-4-10(8-16)14(18)19/h2-3,7,10H,4-6,8H2,1H3,(H,18,19). The van der Waals surface area contributed by atoms with Crippen LogP contribution in [-0.2, 0) is 30.8 Å². The van der Waals surface area contributed by atoms with Crippen LogP contribution in [0.1, 0.15) is 12.0 Å². The highest BCUT2D eigenvalue weighted by atomic mass is 32.2. The highest BCUT2D eigenvalue weighted by Crippen LogP contribution is 2.25. The van der Waals surface area contributed by atoms with Crippen LogP contribution in [0.15, 0.2) is 23.1 Å². The van der Waals surface area contributed by atoms with Crippen LogP contribution in [0.3, 0.4) is 0 Å². The van der Waals surface area contributed by atoms with E-state index in [0.717, 1.165) is 10.4 Å². The maximum Gasteiger partial charge on any atom is 0.310 e. The summed E-state index contributed by atoms with van der Waals surface area (Å²) < 4.78 is 44.3. The second kappa shape index (κ2) is 6.63. The van der Waals surface area contributed by atoms with Crippen molar-refractivity contribution < 1.29 is 32.2 Å². The molecule has 0 aliphatic carbocycles. The van der Waals surface area contributed by atoms with Crippen LogP contribution in [0.2, 0.25) is 0 Å². The number of benzene rings is 1. The summed E-state index contributed by atoms with van der Waals surface area (Å²) in [4.78, 5) is 21.8. The molecule has 1 aromatic rings. The van der Waals surface area contributed by atoms with Gasteiger partial charge in [-0.25, -0.2) is 12.8 Å². The topological polar surface area (TPSA) is 101 Å². The molecule has 0 bridgehead atoms. The Kier molecular flexibility index (Phi) is 5.00. The highest BCUT2D eigenvalue weighted by Gasteiger charge is 2.36. The number of methoxy groups -OCH3 is 1. The molecule has 2 rings (SSSR count). The maximum absolute atomic E-state index is 14.0. The van der Waals surface area contributed by atoms with Crippen molar-refractivity contribution in [3.05, 3.63) is 29.6 Å². The summed E-state index contributed by atoms with van der Waals surface area (Å²) in [5.41, 5.74) is 0.0284. The number of carbonyl (C=O) groups is 2. The van der Waals surface area contributed by atoms with Gasteiger partial charge in [-0.2, -0.15) is 4.31 Å². The number of halogens is 1. The SMILES string of the molecule is COC(=O)Cc1ccc(S(=O)(=O)N2CCC(C(=O)O)C2)cc1F. The van der Waals surface area contributed by atoms with Gasteiger partial charge in [0, 0.05) is 13.1 Å². The molecule has 1 unspecified atom stereocenters. The molecule has 1 atom stereocenters. The molecule has 0 spiro atoms. The Hall–Kier alpha value is -2.00. The number of carboxylic acids is 1. The molecule has 1 aliphatic rings. The minimum atomic E-state index is -3.96. The van der Waals surface area contributed by atoms with Gasteiger partial charge >= 0.3 is 11.9 Å². The Bertz CT molecular complexity index is 733. The number of carboxylic acid groups (broad SMARTS) is 1. The summed E-state index contributed by atoms with van der Waals surface area (Å²) in [6.07, 6.45) is -0.0784. The number of ether oxygens (including phenoxy) is 1. The Morgan fingerprint density at radius 1 is 1.43 bits per heavy atom. The molecule has 1 heterocycles. The number of sulfonamides is 1. The van der Waals surface area contributed by atoms with Crippen LogP contribution in [-0.4, -0.2) is 50.0 Å². The summed E-state index contributed by atoms with van der Waals surface area (Å²) in [6, 6.07) is 3.25. The smallest absolute Gasteiger partial charge is 0.310 e. The highest BCUT2D eigenvalue weighted by molar-refractivity contribution is 7.89. The van der Waals surface area contributed by atoms with Crippen molar-refractivity contribution >= 4 is 22.0 Å². The van der Waals surface area contributed by atoms with E-state index in [1.165, 1.54) is 19.2 Å². The van der Waals surface area contributed by atoms with E-state index in [-0.39, 0.29) is 36.4 Å². The summed E-state index contributed by atoms with van der Waals surface area (Å²) in [5.74, 6) is -3.27. The van der Waals surface area contributed by atoms with Gasteiger partial charge in [-0.3, -0.25) is 9.59 Å². The third kappa shape index (κ3) is 3.67. The van der Waals surface area contributed by atoms with Crippen LogP contribution < -0.4 is 0 Å². The summed E-state index contributed by atoms with van der Waals surface area (Å²) in [6.45, 7) is -0.0615. The van der Waals surface area contributed by atoms with Crippen molar-refractivity contribution in [2.45, 2.75) is 17.7 Å². The third-order valence-corrected chi connectivity index (χ3v) is 5.59. The molecule has 1 aromatic carbocycles. The molecular weight excluding hydrogens is 329 g/mol. The van der Waals surface area contributed by atoms with Gasteiger partial charge in [-0.05, 0) is 24.1 Å². The van der Waals surface area contributed by atoms with Gasteiger partial charge in [0.2, 0.25) is 10.0 Å². The molecule has 9 heteroatoms. The molecule has 7 nitrogen and oxygen atoms in total. The van der Waals surface area contributed by atoms with Gasteiger partial charge in [0.1, 0.15) is 5.82 Å². The number of carbonyl (C=O) groups excluding carboxylic acids is 1. The summed E-state index contributed by atoms with van der Waals surface area (Å²) >= 11 is 0. The van der Waals surface area contributed by atoms with Crippen molar-refractivity contribution in [1.82, 2.24) is 4.31 Å². The molecule has 0 amide bonds. The predicted octanol–water partition coefficient (Wildman–Crippen LogP) is 0.636. The minimum Gasteiger partial charge on any atom is -0.481 e. The first kappa shape index (κ1) is 17.4. The van der Waals surface area contributed by atoms with Crippen LogP contribution >= 0.6 is 0 Å². The number of aliphatic carboxylic acids is 1. The zero-order valence-electron chi connectivity index (χ0n) is 12.4. The van der Waals surface area contributed by atoms with E-state index >= 15 is 0 Å². The van der Waals surface area contributed by atoms with E-state index < -0.39 is 33.7 Å². The van der Waals surface area contributed by atoms with Gasteiger partial charge in [0.25, 0.3) is 0 Å². The van der Waals surface area contributed by atoms with Crippen LogP contribution in [0.25, 0.3) is 0 Å². The average molecular weight is 345 g/mol. The Labute approximate surface area is 132 Å². The number of nitrogens with zero attached hydrogens (tertiary/aromatic N) is 1. The first-order chi connectivity index (χ1) is 10.8. The maximum atomic E-state index is 14.0. The number of rotatable bonds is 5. The van der Waals surface area contributed by atoms with Gasteiger partial charge in [-0.1, -0.05) is 6.07 Å². The normalized spacial score (nSPS) is 18.8. The van der Waals surface area contributed by atoms with Crippen molar-refractivity contribution in [1.29, 1.82) is 0 Å². The average Bonchev–Trinajstić information content (AvgIpc) is 2.99.